The normalized spacial score (nSPS) is 26.5. The molecule has 2 rings (SSSR count). The first kappa shape index (κ1) is 7.30. The fraction of sp³-hybridized carbons (Fsp3) is 0.667. The molecule has 1 aliphatic carbocycles. The molecule has 1 heterocycles. The third kappa shape index (κ3) is 0.928. The molecule has 1 spiro atoms. The Morgan fingerprint density at radius 3 is 2.36 bits per heavy atom. The summed E-state index contributed by atoms with van der Waals surface area (Å²) in [6, 6.07) is 0. The van der Waals surface area contributed by atoms with Crippen LogP contribution in [-0.2, 0) is 9.47 Å². The quantitative estimate of drug-likeness (QED) is 0.481. The molecule has 1 saturated heterocycles. The second kappa shape index (κ2) is 2.32. The second-order valence-electron chi connectivity index (χ2n) is 2.69. The molecule has 60 valence electrons. The van der Waals surface area contributed by atoms with E-state index in [2.05, 4.69) is 0 Å². The van der Waals surface area contributed by atoms with Crippen molar-refractivity contribution < 1.29 is 19.5 Å². The number of hydrogen-bond donors (Lipinski definition) is 2. The fourth-order valence-corrected chi connectivity index (χ4v) is 1.43. The minimum absolute atomic E-state index is 0.440. The van der Waals surface area contributed by atoms with Crippen molar-refractivity contribution in [3.05, 3.63) is 11.5 Å². The molecule has 2 N–H and O–H groups in total. The van der Waals surface area contributed by atoms with Gasteiger partial charge in [-0.15, -0.1) is 0 Å². The van der Waals surface area contributed by atoms with Crippen LogP contribution in [0.15, 0.2) is 11.5 Å². The molecule has 11 heavy (non-hydrogen) atoms. The zero-order chi connectivity index (χ0) is 7.90. The predicted molar refractivity (Wildman–Crippen MR) is 37.5 cm³/mol. The van der Waals surface area contributed by atoms with Crippen LogP contribution in [-0.4, -0.2) is 36.2 Å². The number of hydrogen-bond acceptors (Lipinski definition) is 4. The monoisotopic (exact) mass is 156 g/mol. The predicted octanol–water partition coefficient (Wildman–Crippen LogP) is -0.928. The Morgan fingerprint density at radius 1 is 1.36 bits per heavy atom. The van der Waals surface area contributed by atoms with Crippen LogP contribution >= 0.6 is 0 Å². The van der Waals surface area contributed by atoms with E-state index < -0.39 is 12.9 Å². The van der Waals surface area contributed by atoms with Gasteiger partial charge in [-0.2, -0.15) is 0 Å². The Morgan fingerprint density at radius 2 is 2.00 bits per heavy atom. The smallest absolute Gasteiger partial charge is 0.423 e. The summed E-state index contributed by atoms with van der Waals surface area (Å²) in [6.07, 6.45) is 2.34. The highest BCUT2D eigenvalue weighted by Crippen LogP contribution is 2.40. The highest BCUT2D eigenvalue weighted by atomic mass is 16.7. The maximum absolute atomic E-state index is 8.83. The SMILES string of the molecule is OB(O)C1=CCC12OCCO2. The van der Waals surface area contributed by atoms with Crippen LogP contribution in [0.25, 0.3) is 0 Å². The fourth-order valence-electron chi connectivity index (χ4n) is 1.43. The zero-order valence-electron chi connectivity index (χ0n) is 5.99. The van der Waals surface area contributed by atoms with E-state index in [4.69, 9.17) is 19.5 Å². The van der Waals surface area contributed by atoms with Gasteiger partial charge in [0.05, 0.1) is 13.2 Å². The molecule has 0 saturated carbocycles. The summed E-state index contributed by atoms with van der Waals surface area (Å²) in [5.74, 6) is -0.784. The van der Waals surface area contributed by atoms with Crippen molar-refractivity contribution in [1.29, 1.82) is 0 Å². The molecule has 4 nitrogen and oxygen atoms in total. The molecular formula is C6H9BO4. The largest absolute Gasteiger partial charge is 0.489 e. The van der Waals surface area contributed by atoms with Gasteiger partial charge < -0.3 is 19.5 Å². The van der Waals surface area contributed by atoms with Crippen LogP contribution in [0.2, 0.25) is 0 Å². The number of ether oxygens (including phenoxy) is 2. The van der Waals surface area contributed by atoms with Crippen LogP contribution in [0.1, 0.15) is 6.42 Å². The van der Waals surface area contributed by atoms with Crippen LogP contribution in [0.3, 0.4) is 0 Å². The van der Waals surface area contributed by atoms with Gasteiger partial charge in [0.1, 0.15) is 0 Å². The Balaban J connectivity index is 2.13. The Hall–Kier alpha value is -0.355. The van der Waals surface area contributed by atoms with E-state index >= 15 is 0 Å². The van der Waals surface area contributed by atoms with Gasteiger partial charge in [-0.25, -0.2) is 0 Å². The molecule has 0 atom stereocenters. The van der Waals surface area contributed by atoms with E-state index in [0.717, 1.165) is 0 Å². The summed E-state index contributed by atoms with van der Waals surface area (Å²) in [5, 5.41) is 17.7. The third-order valence-electron chi connectivity index (χ3n) is 2.06. The lowest BCUT2D eigenvalue weighted by molar-refractivity contribution is -0.133. The van der Waals surface area contributed by atoms with Gasteiger partial charge in [0, 0.05) is 11.9 Å². The molecule has 0 radical (unpaired) electrons. The maximum Gasteiger partial charge on any atom is 0.489 e. The third-order valence-corrected chi connectivity index (χ3v) is 2.06. The van der Waals surface area contributed by atoms with Crippen molar-refractivity contribution in [2.45, 2.75) is 12.2 Å². The lowest BCUT2D eigenvalue weighted by Crippen LogP contribution is -2.45. The summed E-state index contributed by atoms with van der Waals surface area (Å²) in [6.45, 7) is 1.06. The molecule has 0 aromatic carbocycles. The van der Waals surface area contributed by atoms with Gasteiger partial charge in [0.2, 0.25) is 0 Å². The summed E-state index contributed by atoms with van der Waals surface area (Å²) < 4.78 is 10.5. The van der Waals surface area contributed by atoms with Crippen molar-refractivity contribution >= 4 is 7.12 Å². The minimum atomic E-state index is -1.44. The maximum atomic E-state index is 8.83. The van der Waals surface area contributed by atoms with Gasteiger partial charge in [-0.3, -0.25) is 0 Å². The first-order valence-corrected chi connectivity index (χ1v) is 3.59. The lowest BCUT2D eigenvalue weighted by atomic mass is 9.66. The molecule has 0 unspecified atom stereocenters. The molecule has 5 heteroatoms. The molecule has 1 aliphatic heterocycles. The van der Waals surface area contributed by atoms with Crippen molar-refractivity contribution in [2.75, 3.05) is 13.2 Å². The second-order valence-corrected chi connectivity index (χ2v) is 2.69. The molecule has 0 aromatic rings. The Kier molecular flexibility index (Phi) is 1.54. The van der Waals surface area contributed by atoms with Crippen molar-refractivity contribution in [3.8, 4) is 0 Å². The highest BCUT2D eigenvalue weighted by molar-refractivity contribution is 6.51. The highest BCUT2D eigenvalue weighted by Gasteiger charge is 2.49. The summed E-state index contributed by atoms with van der Waals surface area (Å²) >= 11 is 0. The molecule has 0 bridgehead atoms. The average Bonchev–Trinajstić information content (AvgIpc) is 2.31. The zero-order valence-corrected chi connectivity index (χ0v) is 5.99. The van der Waals surface area contributed by atoms with Crippen LogP contribution in [0, 0.1) is 0 Å². The van der Waals surface area contributed by atoms with Crippen LogP contribution in [0.4, 0.5) is 0 Å². The van der Waals surface area contributed by atoms with E-state index in [1.54, 1.807) is 6.08 Å². The van der Waals surface area contributed by atoms with Crippen LogP contribution in [0.5, 0.6) is 0 Å². The van der Waals surface area contributed by atoms with Gasteiger partial charge in [-0.05, 0) is 0 Å². The topological polar surface area (TPSA) is 58.9 Å². The standard InChI is InChI=1S/C6H9BO4/c8-7(9)5-1-2-6(5)10-3-4-11-6/h1,8-9H,2-4H2. The van der Waals surface area contributed by atoms with Crippen LogP contribution < -0.4 is 0 Å². The van der Waals surface area contributed by atoms with E-state index in [9.17, 15) is 0 Å². The number of rotatable bonds is 1. The first-order valence-electron chi connectivity index (χ1n) is 3.59. The molecule has 0 aromatic heterocycles. The van der Waals surface area contributed by atoms with Gasteiger partial charge in [0.15, 0.2) is 5.79 Å². The van der Waals surface area contributed by atoms with Gasteiger partial charge in [0.25, 0.3) is 0 Å². The molecule has 1 fully saturated rings. The summed E-state index contributed by atoms with van der Waals surface area (Å²) in [7, 11) is -1.44. The summed E-state index contributed by atoms with van der Waals surface area (Å²) in [5.41, 5.74) is 0.440. The summed E-state index contributed by atoms with van der Waals surface area (Å²) in [4.78, 5) is 0. The molecule has 2 aliphatic rings. The first-order chi connectivity index (χ1) is 5.25. The Bertz CT molecular complexity index is 195. The van der Waals surface area contributed by atoms with E-state index in [0.29, 0.717) is 25.1 Å². The minimum Gasteiger partial charge on any atom is -0.423 e. The molecular weight excluding hydrogens is 147 g/mol. The van der Waals surface area contributed by atoms with Gasteiger partial charge in [-0.1, -0.05) is 6.08 Å². The van der Waals surface area contributed by atoms with E-state index in [-0.39, 0.29) is 0 Å². The van der Waals surface area contributed by atoms with Crippen molar-refractivity contribution in [3.63, 3.8) is 0 Å². The van der Waals surface area contributed by atoms with Crippen molar-refractivity contribution in [2.24, 2.45) is 0 Å². The molecule has 0 amide bonds. The van der Waals surface area contributed by atoms with Crippen molar-refractivity contribution in [1.82, 2.24) is 0 Å². The van der Waals surface area contributed by atoms with E-state index in [1.165, 1.54) is 0 Å². The Labute approximate surface area is 64.6 Å². The van der Waals surface area contributed by atoms with E-state index in [1.807, 2.05) is 0 Å². The lowest BCUT2D eigenvalue weighted by Gasteiger charge is -2.35. The average molecular weight is 156 g/mol. The van der Waals surface area contributed by atoms with Gasteiger partial charge >= 0.3 is 7.12 Å².